The lowest BCUT2D eigenvalue weighted by atomic mass is 9.79. The molecule has 0 saturated heterocycles. The number of rotatable bonds is 0. The largest absolute Gasteiger partial charge is 0.371 e. The molecule has 0 amide bonds. The maximum Gasteiger partial charge on any atom is 0.0862 e. The van der Waals surface area contributed by atoms with E-state index in [1.54, 1.807) is 0 Å². The van der Waals surface area contributed by atoms with E-state index in [1.807, 2.05) is 0 Å². The van der Waals surface area contributed by atoms with Crippen molar-refractivity contribution >= 4 is 0 Å². The van der Waals surface area contributed by atoms with Crippen LogP contribution in [-0.2, 0) is 4.74 Å². The molecule has 0 bridgehead atoms. The molecule has 0 radical (unpaired) electrons. The first-order chi connectivity index (χ1) is 4.41. The summed E-state index contributed by atoms with van der Waals surface area (Å²) in [6.07, 6.45) is 9.47. The molecule has 0 aromatic rings. The van der Waals surface area contributed by atoms with Crippen LogP contribution >= 0.6 is 0 Å². The molecule has 1 spiro atoms. The van der Waals surface area contributed by atoms with Crippen LogP contribution in [0.2, 0.25) is 0 Å². The number of ether oxygens (including phenoxy) is 1. The van der Waals surface area contributed by atoms with Crippen molar-refractivity contribution in [2.24, 2.45) is 0 Å². The predicted octanol–water partition coefficient (Wildman–Crippen LogP) is 1.89. The fourth-order valence-corrected chi connectivity index (χ4v) is 1.51. The number of hydrogen-bond donors (Lipinski definition) is 0. The highest BCUT2D eigenvalue weighted by molar-refractivity contribution is 5.09. The molecule has 1 nitrogen and oxygen atoms in total. The second-order valence-corrected chi connectivity index (χ2v) is 2.96. The Kier molecular flexibility index (Phi) is 1.12. The third kappa shape index (κ3) is 0.799. The van der Waals surface area contributed by atoms with Gasteiger partial charge >= 0.3 is 0 Å². The first-order valence-corrected chi connectivity index (χ1v) is 3.73. The van der Waals surface area contributed by atoms with Gasteiger partial charge in [0.05, 0.1) is 12.2 Å². The van der Waals surface area contributed by atoms with Gasteiger partial charge in [-0.3, -0.25) is 0 Å². The van der Waals surface area contributed by atoms with E-state index < -0.39 is 0 Å². The van der Waals surface area contributed by atoms with Gasteiger partial charge in [-0.2, -0.15) is 0 Å². The molecule has 0 N–H and O–H groups in total. The average molecular weight is 124 g/mol. The predicted molar refractivity (Wildman–Crippen MR) is 36.3 cm³/mol. The highest BCUT2D eigenvalue weighted by Crippen LogP contribution is 2.38. The second-order valence-electron chi connectivity index (χ2n) is 2.96. The Labute approximate surface area is 55.7 Å². The topological polar surface area (TPSA) is 9.23 Å². The van der Waals surface area contributed by atoms with Crippen molar-refractivity contribution in [1.82, 2.24) is 0 Å². The SMILES string of the molecule is C1=CC2(CCC2)OCC1. The van der Waals surface area contributed by atoms with Crippen LogP contribution in [0.1, 0.15) is 25.7 Å². The van der Waals surface area contributed by atoms with E-state index in [0.29, 0.717) is 0 Å². The molecule has 2 aliphatic rings. The second kappa shape index (κ2) is 1.84. The average Bonchev–Trinajstić information content (AvgIpc) is 1.87. The minimum Gasteiger partial charge on any atom is -0.371 e. The molecule has 1 heteroatoms. The first kappa shape index (κ1) is 5.48. The van der Waals surface area contributed by atoms with E-state index in [0.717, 1.165) is 13.0 Å². The Balaban J connectivity index is 2.09. The molecule has 9 heavy (non-hydrogen) atoms. The van der Waals surface area contributed by atoms with Gasteiger partial charge in [-0.1, -0.05) is 12.2 Å². The van der Waals surface area contributed by atoms with Crippen LogP contribution in [-0.4, -0.2) is 12.2 Å². The quantitative estimate of drug-likeness (QED) is 0.448. The summed E-state index contributed by atoms with van der Waals surface area (Å²) < 4.78 is 5.61. The summed E-state index contributed by atoms with van der Waals surface area (Å²) in [4.78, 5) is 0. The lowest BCUT2D eigenvalue weighted by Gasteiger charge is -2.40. The van der Waals surface area contributed by atoms with Crippen molar-refractivity contribution in [1.29, 1.82) is 0 Å². The van der Waals surface area contributed by atoms with Gasteiger partial charge in [0.25, 0.3) is 0 Å². The van der Waals surface area contributed by atoms with E-state index >= 15 is 0 Å². The highest BCUT2D eigenvalue weighted by atomic mass is 16.5. The van der Waals surface area contributed by atoms with Gasteiger partial charge < -0.3 is 4.74 Å². The summed E-state index contributed by atoms with van der Waals surface area (Å²) in [5, 5.41) is 0. The minimum absolute atomic E-state index is 0.220. The fraction of sp³-hybridized carbons (Fsp3) is 0.750. The van der Waals surface area contributed by atoms with Gasteiger partial charge in [0.2, 0.25) is 0 Å². The molecule has 1 fully saturated rings. The van der Waals surface area contributed by atoms with Crippen molar-refractivity contribution in [3.05, 3.63) is 12.2 Å². The Bertz CT molecular complexity index is 134. The van der Waals surface area contributed by atoms with Crippen LogP contribution in [0.4, 0.5) is 0 Å². The van der Waals surface area contributed by atoms with E-state index in [2.05, 4.69) is 12.2 Å². The monoisotopic (exact) mass is 124 g/mol. The van der Waals surface area contributed by atoms with Gasteiger partial charge in [0, 0.05) is 0 Å². The maximum atomic E-state index is 5.61. The maximum absolute atomic E-state index is 5.61. The zero-order valence-electron chi connectivity index (χ0n) is 5.60. The first-order valence-electron chi connectivity index (χ1n) is 3.73. The molecule has 0 aromatic carbocycles. The summed E-state index contributed by atoms with van der Waals surface area (Å²) in [7, 11) is 0. The third-order valence-electron chi connectivity index (χ3n) is 2.30. The van der Waals surface area contributed by atoms with Crippen LogP contribution in [0.5, 0.6) is 0 Å². The van der Waals surface area contributed by atoms with E-state index in [-0.39, 0.29) is 5.60 Å². The molecule has 0 unspecified atom stereocenters. The normalized spacial score (nSPS) is 30.2. The van der Waals surface area contributed by atoms with E-state index in [4.69, 9.17) is 4.74 Å². The fourth-order valence-electron chi connectivity index (χ4n) is 1.51. The van der Waals surface area contributed by atoms with Crippen LogP contribution in [0.15, 0.2) is 12.2 Å². The summed E-state index contributed by atoms with van der Waals surface area (Å²) >= 11 is 0. The zero-order chi connectivity index (χ0) is 6.16. The van der Waals surface area contributed by atoms with Gasteiger partial charge in [-0.15, -0.1) is 0 Å². The van der Waals surface area contributed by atoms with Gasteiger partial charge in [0.1, 0.15) is 0 Å². The zero-order valence-corrected chi connectivity index (χ0v) is 5.60. The molecule has 50 valence electrons. The Morgan fingerprint density at radius 2 is 2.22 bits per heavy atom. The molecule has 2 rings (SSSR count). The van der Waals surface area contributed by atoms with E-state index in [1.165, 1.54) is 19.3 Å². The van der Waals surface area contributed by atoms with Crippen molar-refractivity contribution < 1.29 is 4.74 Å². The molecule has 0 atom stereocenters. The molecular formula is C8H12O. The summed E-state index contributed by atoms with van der Waals surface area (Å²) in [6, 6.07) is 0. The highest BCUT2D eigenvalue weighted by Gasteiger charge is 2.36. The van der Waals surface area contributed by atoms with Crippen molar-refractivity contribution in [3.8, 4) is 0 Å². The van der Waals surface area contributed by atoms with Crippen molar-refractivity contribution in [2.45, 2.75) is 31.3 Å². The minimum atomic E-state index is 0.220. The molecule has 1 aliphatic carbocycles. The smallest absolute Gasteiger partial charge is 0.0862 e. The summed E-state index contributed by atoms with van der Waals surface area (Å²) in [5.74, 6) is 0. The van der Waals surface area contributed by atoms with Crippen molar-refractivity contribution in [2.75, 3.05) is 6.61 Å². The van der Waals surface area contributed by atoms with Crippen LogP contribution in [0.3, 0.4) is 0 Å². The van der Waals surface area contributed by atoms with Crippen molar-refractivity contribution in [3.63, 3.8) is 0 Å². The molecule has 1 aliphatic heterocycles. The summed E-state index contributed by atoms with van der Waals surface area (Å²) in [5.41, 5.74) is 0.220. The Hall–Kier alpha value is -0.300. The van der Waals surface area contributed by atoms with Gasteiger partial charge in [-0.05, 0) is 25.7 Å². The van der Waals surface area contributed by atoms with Gasteiger partial charge in [-0.25, -0.2) is 0 Å². The Morgan fingerprint density at radius 3 is 2.56 bits per heavy atom. The van der Waals surface area contributed by atoms with E-state index in [9.17, 15) is 0 Å². The molecule has 1 saturated carbocycles. The molecular weight excluding hydrogens is 112 g/mol. The Morgan fingerprint density at radius 1 is 1.33 bits per heavy atom. The van der Waals surface area contributed by atoms with Gasteiger partial charge in [0.15, 0.2) is 0 Å². The molecule has 0 aromatic heterocycles. The van der Waals surface area contributed by atoms with Crippen LogP contribution in [0, 0.1) is 0 Å². The third-order valence-corrected chi connectivity index (χ3v) is 2.30. The number of hydrogen-bond acceptors (Lipinski definition) is 1. The van der Waals surface area contributed by atoms with Crippen LogP contribution in [0.25, 0.3) is 0 Å². The van der Waals surface area contributed by atoms with Crippen LogP contribution < -0.4 is 0 Å². The summed E-state index contributed by atoms with van der Waals surface area (Å²) in [6.45, 7) is 0.941. The molecule has 1 heterocycles. The lowest BCUT2D eigenvalue weighted by Crippen LogP contribution is -2.39. The lowest BCUT2D eigenvalue weighted by molar-refractivity contribution is -0.0671. The standard InChI is InChI=1S/C8H12O/c1-2-7-9-8(4-1)5-3-6-8/h1,4H,2-3,5-7H2.